The minimum absolute atomic E-state index is 0.0431. The Hall–Kier alpha value is -1.28. The number of halogens is 2. The van der Waals surface area contributed by atoms with E-state index >= 15 is 0 Å². The molecule has 196 valence electrons. The van der Waals surface area contributed by atoms with E-state index in [-0.39, 0.29) is 24.4 Å². The van der Waals surface area contributed by atoms with E-state index in [9.17, 15) is 23.5 Å². The van der Waals surface area contributed by atoms with Crippen LogP contribution in [0.3, 0.4) is 0 Å². The maximum absolute atomic E-state index is 13.7. The molecule has 4 unspecified atom stereocenters. The second-order valence-electron chi connectivity index (χ2n) is 13.2. The summed E-state index contributed by atoms with van der Waals surface area (Å²) in [6.07, 6.45) is 9.21. The summed E-state index contributed by atoms with van der Waals surface area (Å²) in [6, 6.07) is 0. The van der Waals surface area contributed by atoms with Crippen molar-refractivity contribution in [1.82, 2.24) is 0 Å². The third-order valence-corrected chi connectivity index (χ3v) is 10.5. The lowest BCUT2D eigenvalue weighted by molar-refractivity contribution is -0.264. The molecule has 0 radical (unpaired) electrons. The van der Waals surface area contributed by atoms with Crippen LogP contribution in [0.4, 0.5) is 8.78 Å². The van der Waals surface area contributed by atoms with Crippen molar-refractivity contribution in [1.29, 1.82) is 0 Å². The highest BCUT2D eigenvalue weighted by Crippen LogP contribution is 2.63. The lowest BCUT2D eigenvalue weighted by atomic mass is 9.47. The lowest BCUT2D eigenvalue weighted by Crippen LogP contribution is -2.66. The Morgan fingerprint density at radius 2 is 1.49 bits per heavy atom. The first-order chi connectivity index (χ1) is 16.4. The monoisotopic (exact) mass is 496 g/mol. The van der Waals surface area contributed by atoms with Crippen LogP contribution in [0.15, 0.2) is 0 Å². The topological polar surface area (TPSA) is 82.1 Å². The number of alkyl halides is 2. The van der Waals surface area contributed by atoms with Gasteiger partial charge in [0.15, 0.2) is 0 Å². The quantitative estimate of drug-likeness (QED) is 0.521. The molecule has 8 saturated carbocycles. The van der Waals surface area contributed by atoms with E-state index in [1.807, 2.05) is 6.92 Å². The standard InChI is InChI=1S/C27H38F2O6/c1-3-27(35-22(31)23(2,28)29)19-5-16-6-20(27)13-25(9-16,12-19)33-14-21(30)34-26-10-17-4-18(11-26)8-24(32,7-17)15-26/h16-20,32H,3-15H2,1-2H3. The van der Waals surface area contributed by atoms with Gasteiger partial charge in [0.2, 0.25) is 0 Å². The molecule has 0 aliphatic heterocycles. The number of aliphatic hydroxyl groups is 1. The SMILES string of the molecule is CCC1(OC(=O)C(C)(F)F)C2CC3CC1CC(OCC(=O)OC14CC5CC(CC(O)(C5)C1)C4)(C3)C2. The van der Waals surface area contributed by atoms with Crippen molar-refractivity contribution in [2.45, 2.75) is 119 Å². The molecule has 35 heavy (non-hydrogen) atoms. The number of hydrogen-bond donors (Lipinski definition) is 1. The van der Waals surface area contributed by atoms with Crippen LogP contribution in [-0.2, 0) is 23.8 Å². The minimum Gasteiger partial charge on any atom is -0.457 e. The maximum Gasteiger partial charge on any atom is 0.377 e. The highest BCUT2D eigenvalue weighted by Gasteiger charge is 2.65. The van der Waals surface area contributed by atoms with E-state index in [4.69, 9.17) is 14.2 Å². The van der Waals surface area contributed by atoms with Crippen molar-refractivity contribution in [3.63, 3.8) is 0 Å². The zero-order valence-electron chi connectivity index (χ0n) is 20.8. The Balaban J connectivity index is 1.12. The van der Waals surface area contributed by atoms with Crippen LogP contribution >= 0.6 is 0 Å². The Bertz CT molecular complexity index is 882. The zero-order valence-corrected chi connectivity index (χ0v) is 20.8. The van der Waals surface area contributed by atoms with Gasteiger partial charge in [0.05, 0.1) is 11.2 Å². The molecule has 0 heterocycles. The molecule has 8 rings (SSSR count). The molecule has 8 aliphatic rings. The predicted octanol–water partition coefficient (Wildman–Crippen LogP) is 4.56. The van der Waals surface area contributed by atoms with Gasteiger partial charge in [-0.05, 0) is 88.4 Å². The maximum atomic E-state index is 13.7. The van der Waals surface area contributed by atoms with E-state index in [1.165, 1.54) is 0 Å². The highest BCUT2D eigenvalue weighted by molar-refractivity contribution is 5.77. The first kappa shape index (κ1) is 24.1. The molecular formula is C27H38F2O6. The second-order valence-corrected chi connectivity index (χ2v) is 13.2. The predicted molar refractivity (Wildman–Crippen MR) is 120 cm³/mol. The van der Waals surface area contributed by atoms with Gasteiger partial charge in [-0.25, -0.2) is 9.59 Å². The molecule has 8 fully saturated rings. The van der Waals surface area contributed by atoms with Crippen LogP contribution < -0.4 is 0 Å². The molecule has 0 aromatic heterocycles. The van der Waals surface area contributed by atoms with Crippen molar-refractivity contribution in [2.24, 2.45) is 29.6 Å². The molecule has 0 saturated heterocycles. The number of carbonyl (C=O) groups is 2. The molecule has 6 nitrogen and oxygen atoms in total. The molecule has 1 N–H and O–H groups in total. The number of esters is 2. The normalized spacial score (nSPS) is 49.3. The summed E-state index contributed by atoms with van der Waals surface area (Å²) in [5.74, 6) is -4.16. The number of ether oxygens (including phenoxy) is 3. The van der Waals surface area contributed by atoms with Gasteiger partial charge in [-0.3, -0.25) is 0 Å². The molecule has 0 aromatic rings. The fraction of sp³-hybridized carbons (Fsp3) is 0.926. The van der Waals surface area contributed by atoms with Crippen molar-refractivity contribution >= 4 is 11.9 Å². The summed E-state index contributed by atoms with van der Waals surface area (Å²) in [7, 11) is 0. The molecule has 0 spiro atoms. The van der Waals surface area contributed by atoms with Crippen molar-refractivity contribution in [3.05, 3.63) is 0 Å². The molecule has 4 atom stereocenters. The van der Waals surface area contributed by atoms with Gasteiger partial charge in [0.25, 0.3) is 0 Å². The first-order valence-electron chi connectivity index (χ1n) is 13.5. The molecule has 8 heteroatoms. The van der Waals surface area contributed by atoms with Crippen molar-refractivity contribution in [3.8, 4) is 0 Å². The Kier molecular flexibility index (Phi) is 5.24. The fourth-order valence-electron chi connectivity index (χ4n) is 9.97. The summed E-state index contributed by atoms with van der Waals surface area (Å²) < 4.78 is 45.4. The van der Waals surface area contributed by atoms with Crippen molar-refractivity contribution in [2.75, 3.05) is 6.61 Å². The van der Waals surface area contributed by atoms with Gasteiger partial charge >= 0.3 is 17.9 Å². The van der Waals surface area contributed by atoms with Crippen LogP contribution in [-0.4, -0.2) is 52.0 Å². The van der Waals surface area contributed by atoms with E-state index in [1.54, 1.807) is 0 Å². The van der Waals surface area contributed by atoms with E-state index in [0.717, 1.165) is 51.4 Å². The van der Waals surface area contributed by atoms with E-state index in [2.05, 4.69) is 0 Å². The number of carbonyl (C=O) groups excluding carboxylic acids is 2. The van der Waals surface area contributed by atoms with Gasteiger partial charge in [-0.1, -0.05) is 6.92 Å². The summed E-state index contributed by atoms with van der Waals surface area (Å²) in [4.78, 5) is 25.1. The largest absolute Gasteiger partial charge is 0.457 e. The molecule has 8 aliphatic carbocycles. The Morgan fingerprint density at radius 1 is 0.886 bits per heavy atom. The molecular weight excluding hydrogens is 458 g/mol. The van der Waals surface area contributed by atoms with Crippen LogP contribution in [0.25, 0.3) is 0 Å². The summed E-state index contributed by atoms with van der Waals surface area (Å²) in [6.45, 7) is 2.37. The highest BCUT2D eigenvalue weighted by atomic mass is 19.3. The number of hydrogen-bond acceptors (Lipinski definition) is 6. The third kappa shape index (κ3) is 3.92. The van der Waals surface area contributed by atoms with E-state index in [0.29, 0.717) is 50.4 Å². The van der Waals surface area contributed by atoms with Crippen LogP contribution in [0.1, 0.15) is 90.9 Å². The second kappa shape index (κ2) is 7.62. The Labute approximate surface area is 205 Å². The van der Waals surface area contributed by atoms with Crippen molar-refractivity contribution < 1.29 is 37.7 Å². The Morgan fingerprint density at radius 3 is 2.03 bits per heavy atom. The van der Waals surface area contributed by atoms with Crippen LogP contribution in [0.5, 0.6) is 0 Å². The van der Waals surface area contributed by atoms with Gasteiger partial charge < -0.3 is 19.3 Å². The van der Waals surface area contributed by atoms with E-state index < -0.39 is 34.3 Å². The smallest absolute Gasteiger partial charge is 0.377 e. The summed E-state index contributed by atoms with van der Waals surface area (Å²) in [5.41, 5.74) is -2.62. The van der Waals surface area contributed by atoms with Gasteiger partial charge in [0, 0.05) is 25.2 Å². The summed E-state index contributed by atoms with van der Waals surface area (Å²) in [5, 5.41) is 10.9. The first-order valence-corrected chi connectivity index (χ1v) is 13.5. The average Bonchev–Trinajstić information content (AvgIpc) is 2.71. The van der Waals surface area contributed by atoms with Gasteiger partial charge in [-0.2, -0.15) is 8.78 Å². The molecule has 0 aromatic carbocycles. The van der Waals surface area contributed by atoms with Crippen LogP contribution in [0.2, 0.25) is 0 Å². The third-order valence-electron chi connectivity index (χ3n) is 10.5. The fourth-order valence-corrected chi connectivity index (χ4v) is 9.97. The van der Waals surface area contributed by atoms with Crippen LogP contribution in [0, 0.1) is 29.6 Å². The lowest BCUT2D eigenvalue weighted by Gasteiger charge is -2.64. The number of rotatable bonds is 7. The summed E-state index contributed by atoms with van der Waals surface area (Å²) >= 11 is 0. The average molecular weight is 497 g/mol. The molecule has 8 bridgehead atoms. The zero-order chi connectivity index (χ0) is 24.9. The molecule has 0 amide bonds. The van der Waals surface area contributed by atoms with Gasteiger partial charge in [0.1, 0.15) is 17.8 Å². The minimum atomic E-state index is -3.51. The van der Waals surface area contributed by atoms with Gasteiger partial charge in [-0.15, -0.1) is 0 Å².